The summed E-state index contributed by atoms with van der Waals surface area (Å²) in [5.41, 5.74) is 0. The third-order valence-electron chi connectivity index (χ3n) is 0.814. The molecule has 2 heteroatoms. The van der Waals surface area contributed by atoms with Crippen molar-refractivity contribution in [3.8, 4) is 0 Å². The van der Waals surface area contributed by atoms with Crippen LogP contribution in [0.5, 0.6) is 0 Å². The molecule has 0 saturated carbocycles. The van der Waals surface area contributed by atoms with E-state index in [1.807, 2.05) is 24.3 Å². The molecule has 0 aromatic heterocycles. The molecule has 0 radical (unpaired) electrons. The standard InChI is InChI=1S/C5H5.H2O.Ru.H/c1-2-4-5-3-1;;;/h1-5H;1H2;;/q;;+1;/p-1. The van der Waals surface area contributed by atoms with Gasteiger partial charge in [-0.25, -0.2) is 0 Å². The fourth-order valence-corrected chi connectivity index (χ4v) is 1.20. The quantitative estimate of drug-likeness (QED) is 0.592. The minimum absolute atomic E-state index is 0.402. The zero-order valence-electron chi connectivity index (χ0n) is 3.71. The molecule has 1 nitrogen and oxygen atoms in total. The number of hydrogen-bond donors (Lipinski definition) is 1. The predicted molar refractivity (Wildman–Crippen MR) is 25.6 cm³/mol. The second kappa shape index (κ2) is 2.39. The van der Waals surface area contributed by atoms with E-state index in [1.165, 1.54) is 0 Å². The second-order valence-electron chi connectivity index (χ2n) is 1.31. The Morgan fingerprint density at radius 2 is 1.86 bits per heavy atom. The van der Waals surface area contributed by atoms with E-state index in [2.05, 4.69) is 0 Å². The van der Waals surface area contributed by atoms with Gasteiger partial charge in [0, 0.05) is 0 Å². The Bertz CT molecular complexity index is 94.6. The van der Waals surface area contributed by atoms with Crippen molar-refractivity contribution in [2.75, 3.05) is 0 Å². The Morgan fingerprint density at radius 1 is 1.29 bits per heavy atom. The van der Waals surface area contributed by atoms with Gasteiger partial charge in [-0.3, -0.25) is 0 Å². The second-order valence-corrected chi connectivity index (χ2v) is 3.03. The van der Waals surface area contributed by atoms with Crippen molar-refractivity contribution in [3.63, 3.8) is 0 Å². The first-order valence-corrected chi connectivity index (χ1v) is 3.96. The Balaban J connectivity index is 2.44. The Hall–Kier alpha value is 0.0634. The van der Waals surface area contributed by atoms with Gasteiger partial charge in [0.15, 0.2) is 0 Å². The van der Waals surface area contributed by atoms with Crippen molar-refractivity contribution in [1.82, 2.24) is 0 Å². The Kier molecular flexibility index (Phi) is 1.78. The van der Waals surface area contributed by atoms with Gasteiger partial charge in [-0.2, -0.15) is 0 Å². The van der Waals surface area contributed by atoms with Crippen LogP contribution in [-0.2, 0) is 17.5 Å². The van der Waals surface area contributed by atoms with Crippen LogP contribution in [0.25, 0.3) is 0 Å². The first kappa shape index (κ1) is 5.20. The summed E-state index contributed by atoms with van der Waals surface area (Å²) < 4.78 is 8.98. The molecule has 0 spiro atoms. The van der Waals surface area contributed by atoms with Crippen molar-refractivity contribution in [2.45, 2.75) is 4.51 Å². The number of allylic oxidation sites excluding steroid dienone is 4. The summed E-state index contributed by atoms with van der Waals surface area (Å²) in [5.74, 6) is 0. The normalized spacial score (nSPS) is 19.6. The molecule has 0 saturated heterocycles. The molecular weight excluding hydrogens is 177 g/mol. The minimum atomic E-state index is -0.570. The van der Waals surface area contributed by atoms with Crippen LogP contribution in [0.15, 0.2) is 24.3 Å². The molecule has 41 valence electrons. The van der Waals surface area contributed by atoms with Crippen molar-refractivity contribution in [1.29, 1.82) is 0 Å². The first-order chi connectivity index (χ1) is 3.43. The van der Waals surface area contributed by atoms with Crippen molar-refractivity contribution < 1.29 is 21.4 Å². The van der Waals surface area contributed by atoms with Gasteiger partial charge in [0.05, 0.1) is 0 Å². The van der Waals surface area contributed by atoms with E-state index in [1.54, 1.807) is 0 Å². The zero-order chi connectivity index (χ0) is 5.11. The van der Waals surface area contributed by atoms with E-state index in [0.29, 0.717) is 4.51 Å². The molecule has 0 atom stereocenters. The Morgan fingerprint density at radius 3 is 2.14 bits per heavy atom. The summed E-state index contributed by atoms with van der Waals surface area (Å²) in [6.45, 7) is 0. The molecule has 0 unspecified atom stereocenters. The van der Waals surface area contributed by atoms with Gasteiger partial charge in [0.2, 0.25) is 0 Å². The fourth-order valence-electron chi connectivity index (χ4n) is 0.470. The van der Waals surface area contributed by atoms with Gasteiger partial charge in [-0.1, -0.05) is 0 Å². The van der Waals surface area contributed by atoms with Crippen LogP contribution in [-0.4, -0.2) is 3.93 Å². The third-order valence-corrected chi connectivity index (χ3v) is 2.08. The number of rotatable bonds is 1. The zero-order valence-corrected chi connectivity index (χ0v) is 5.57. The monoisotopic (exact) mass is 185 g/mol. The molecule has 0 amide bonds. The molecule has 0 aromatic rings. The molecule has 0 fully saturated rings. The van der Waals surface area contributed by atoms with Gasteiger partial charge in [-0.15, -0.1) is 0 Å². The molecule has 0 bridgehead atoms. The average molecular weight is 184 g/mol. The van der Waals surface area contributed by atoms with Crippen LogP contribution in [0.2, 0.25) is 4.51 Å². The van der Waals surface area contributed by atoms with Crippen LogP contribution in [0.3, 0.4) is 0 Å². The van der Waals surface area contributed by atoms with Gasteiger partial charge < -0.3 is 0 Å². The topological polar surface area (TPSA) is 20.2 Å². The van der Waals surface area contributed by atoms with E-state index in [-0.39, 0.29) is 0 Å². The molecular formula is C5H7ORu. The van der Waals surface area contributed by atoms with Crippen molar-refractivity contribution in [2.24, 2.45) is 0 Å². The summed E-state index contributed by atoms with van der Waals surface area (Å²) in [7, 11) is 0. The molecule has 1 rings (SSSR count). The van der Waals surface area contributed by atoms with Gasteiger partial charge in [0.25, 0.3) is 0 Å². The number of hydrogen-bond acceptors (Lipinski definition) is 1. The summed E-state index contributed by atoms with van der Waals surface area (Å²) in [6.07, 6.45) is 7.99. The predicted octanol–water partition coefficient (Wildman–Crippen LogP) is 0.623. The molecule has 7 heavy (non-hydrogen) atoms. The summed E-state index contributed by atoms with van der Waals surface area (Å²) in [5, 5.41) is 0. The average Bonchev–Trinajstić information content (AvgIpc) is 2.14. The molecule has 0 heterocycles. The molecule has 1 N–H and O–H groups in total. The van der Waals surface area contributed by atoms with Gasteiger partial charge >= 0.3 is 50.2 Å². The van der Waals surface area contributed by atoms with E-state index in [9.17, 15) is 0 Å². The molecule has 1 aliphatic rings. The van der Waals surface area contributed by atoms with Crippen molar-refractivity contribution in [3.05, 3.63) is 24.3 Å². The maximum atomic E-state index is 8.57. The molecule has 0 aromatic carbocycles. The van der Waals surface area contributed by atoms with Gasteiger partial charge in [-0.05, 0) is 0 Å². The Labute approximate surface area is 50.7 Å². The van der Waals surface area contributed by atoms with Crippen LogP contribution in [0.1, 0.15) is 0 Å². The van der Waals surface area contributed by atoms with Crippen molar-refractivity contribution >= 4 is 0 Å². The summed E-state index contributed by atoms with van der Waals surface area (Å²) >= 11 is -0.570. The molecule has 1 aliphatic carbocycles. The summed E-state index contributed by atoms with van der Waals surface area (Å²) in [4.78, 5) is 0. The fraction of sp³-hybridized carbons (Fsp3) is 0.200. The first-order valence-electron chi connectivity index (χ1n) is 2.05. The van der Waals surface area contributed by atoms with E-state index in [0.717, 1.165) is 0 Å². The maximum absolute atomic E-state index is 8.57. The van der Waals surface area contributed by atoms with Crippen LogP contribution in [0.4, 0.5) is 0 Å². The van der Waals surface area contributed by atoms with E-state index < -0.39 is 17.5 Å². The molecule has 0 aliphatic heterocycles. The van der Waals surface area contributed by atoms with Crippen LogP contribution in [0, 0.1) is 0 Å². The van der Waals surface area contributed by atoms with Gasteiger partial charge in [0.1, 0.15) is 0 Å². The van der Waals surface area contributed by atoms with Crippen LogP contribution < -0.4 is 0 Å². The third kappa shape index (κ3) is 1.22. The van der Waals surface area contributed by atoms with E-state index in [4.69, 9.17) is 3.93 Å². The van der Waals surface area contributed by atoms with Crippen LogP contribution >= 0.6 is 0 Å². The SMILES string of the molecule is [OH][RuH][CH]1C=CC=C1. The summed E-state index contributed by atoms with van der Waals surface area (Å²) in [6, 6.07) is 0. The van der Waals surface area contributed by atoms with E-state index >= 15 is 0 Å².